The number of rotatable bonds is 11. The molecular formula is C22H26N2O5. The number of nitro groups is 1. The van der Waals surface area contributed by atoms with Crippen LogP contribution in [-0.2, 0) is 0 Å². The summed E-state index contributed by atoms with van der Waals surface area (Å²) in [6, 6.07) is 11.3. The fourth-order valence-corrected chi connectivity index (χ4v) is 2.77. The first-order valence-electron chi connectivity index (χ1n) is 9.84. The number of hydrogen-bond acceptors (Lipinski definition) is 5. The van der Waals surface area contributed by atoms with Gasteiger partial charge in [0.2, 0.25) is 5.43 Å². The second-order valence-electron chi connectivity index (χ2n) is 6.72. The molecule has 0 fully saturated rings. The van der Waals surface area contributed by atoms with Crippen molar-refractivity contribution >= 4 is 17.3 Å². The third kappa shape index (κ3) is 7.37. The number of anilines is 1. The molecule has 29 heavy (non-hydrogen) atoms. The first-order valence-corrected chi connectivity index (χ1v) is 9.84. The van der Waals surface area contributed by atoms with Crippen LogP contribution < -0.4 is 15.5 Å². The van der Waals surface area contributed by atoms with Crippen LogP contribution in [0, 0.1) is 10.1 Å². The molecule has 7 nitrogen and oxygen atoms in total. The fraction of sp³-hybridized carbons (Fsp3) is 0.364. The van der Waals surface area contributed by atoms with Gasteiger partial charge in [-0.2, -0.15) is 0 Å². The van der Waals surface area contributed by atoms with E-state index in [2.05, 4.69) is 12.2 Å². The van der Waals surface area contributed by atoms with Crippen molar-refractivity contribution in [3.63, 3.8) is 0 Å². The summed E-state index contributed by atoms with van der Waals surface area (Å²) in [5.74, 6) is 0.145. The fourth-order valence-electron chi connectivity index (χ4n) is 2.77. The molecule has 1 amide bonds. The Morgan fingerprint density at radius 3 is 2.41 bits per heavy atom. The summed E-state index contributed by atoms with van der Waals surface area (Å²) in [5, 5.41) is 13.4. The standard InChI is InChI=1S/C22H26N2O5/c1-2-3-4-5-6-7-15-29-19-13-11-17(12-14-19)22(26)23-20-16-18(24(27)28)9-8-10-21(20)25/h8-14,16H,2-7,15H2,1H3,(H,23,25,26). The molecule has 2 aromatic rings. The Labute approximate surface area is 169 Å². The molecule has 0 atom stereocenters. The highest BCUT2D eigenvalue weighted by atomic mass is 16.6. The van der Waals surface area contributed by atoms with Crippen molar-refractivity contribution < 1.29 is 14.5 Å². The summed E-state index contributed by atoms with van der Waals surface area (Å²) < 4.78 is 5.68. The van der Waals surface area contributed by atoms with Crippen LogP contribution in [0.4, 0.5) is 11.4 Å². The number of benzene rings is 1. The van der Waals surface area contributed by atoms with E-state index in [0.29, 0.717) is 17.9 Å². The van der Waals surface area contributed by atoms with Crippen molar-refractivity contribution in [2.45, 2.75) is 45.4 Å². The minimum absolute atomic E-state index is 0.143. The zero-order valence-corrected chi connectivity index (χ0v) is 16.6. The molecular weight excluding hydrogens is 372 g/mol. The molecule has 1 N–H and O–H groups in total. The summed E-state index contributed by atoms with van der Waals surface area (Å²) in [4.78, 5) is 34.7. The van der Waals surface area contributed by atoms with Crippen molar-refractivity contribution in [2.24, 2.45) is 0 Å². The number of carbonyl (C=O) groups is 1. The highest BCUT2D eigenvalue weighted by molar-refractivity contribution is 6.04. The van der Waals surface area contributed by atoms with E-state index in [1.54, 1.807) is 24.3 Å². The Balaban J connectivity index is 1.91. The maximum Gasteiger partial charge on any atom is 0.271 e. The van der Waals surface area contributed by atoms with E-state index < -0.39 is 16.3 Å². The Morgan fingerprint density at radius 1 is 1.03 bits per heavy atom. The lowest BCUT2D eigenvalue weighted by molar-refractivity contribution is -0.384. The predicted molar refractivity (Wildman–Crippen MR) is 113 cm³/mol. The molecule has 7 heteroatoms. The van der Waals surface area contributed by atoms with E-state index in [9.17, 15) is 19.7 Å². The number of nitrogens with zero attached hydrogens (tertiary/aromatic N) is 1. The van der Waals surface area contributed by atoms with Crippen LogP contribution in [0.15, 0.2) is 53.3 Å². The Bertz CT molecular complexity index is 881. The summed E-state index contributed by atoms with van der Waals surface area (Å²) >= 11 is 0. The van der Waals surface area contributed by atoms with Crippen LogP contribution >= 0.6 is 0 Å². The SMILES string of the molecule is CCCCCCCCOc1ccc(C(=O)Nc2cc([N+](=O)[O-])cccc2=O)cc1. The van der Waals surface area contributed by atoms with Gasteiger partial charge in [0.1, 0.15) is 5.75 Å². The second kappa shape index (κ2) is 11.6. The van der Waals surface area contributed by atoms with Gasteiger partial charge < -0.3 is 10.1 Å². The lowest BCUT2D eigenvalue weighted by atomic mass is 10.1. The van der Waals surface area contributed by atoms with Crippen molar-refractivity contribution in [3.8, 4) is 5.75 Å². The Hall–Kier alpha value is -3.22. The maximum absolute atomic E-state index is 12.4. The largest absolute Gasteiger partial charge is 0.494 e. The van der Waals surface area contributed by atoms with Crippen molar-refractivity contribution in [3.05, 3.63) is 74.4 Å². The average Bonchev–Trinajstić information content (AvgIpc) is 2.89. The van der Waals surface area contributed by atoms with Crippen LogP contribution in [-0.4, -0.2) is 17.4 Å². The third-order valence-electron chi connectivity index (χ3n) is 4.41. The summed E-state index contributed by atoms with van der Waals surface area (Å²) in [5.41, 5.74) is -0.605. The van der Waals surface area contributed by atoms with Crippen LogP contribution in [0.3, 0.4) is 0 Å². The summed E-state index contributed by atoms with van der Waals surface area (Å²) in [7, 11) is 0. The van der Waals surface area contributed by atoms with Gasteiger partial charge in [0.05, 0.1) is 17.2 Å². The first-order chi connectivity index (χ1) is 14.0. The minimum atomic E-state index is -0.620. The van der Waals surface area contributed by atoms with E-state index in [1.165, 1.54) is 43.9 Å². The van der Waals surface area contributed by atoms with E-state index in [1.807, 2.05) is 0 Å². The second-order valence-corrected chi connectivity index (χ2v) is 6.72. The number of nitrogens with one attached hydrogen (secondary N) is 1. The zero-order chi connectivity index (χ0) is 21.1. The molecule has 2 aromatic carbocycles. The quantitative estimate of drug-likeness (QED) is 0.328. The molecule has 0 aromatic heterocycles. The van der Waals surface area contributed by atoms with E-state index >= 15 is 0 Å². The number of carbonyl (C=O) groups excluding carboxylic acids is 1. The highest BCUT2D eigenvalue weighted by Gasteiger charge is 2.12. The predicted octanol–water partition coefficient (Wildman–Crippen LogP) is 4.95. The molecule has 154 valence electrons. The molecule has 0 heterocycles. The number of ether oxygens (including phenoxy) is 1. The van der Waals surface area contributed by atoms with Crippen molar-refractivity contribution in [2.75, 3.05) is 11.9 Å². The Morgan fingerprint density at radius 2 is 1.72 bits per heavy atom. The molecule has 0 spiro atoms. The van der Waals surface area contributed by atoms with Crippen LogP contribution in [0.5, 0.6) is 5.75 Å². The van der Waals surface area contributed by atoms with Gasteiger partial charge >= 0.3 is 0 Å². The van der Waals surface area contributed by atoms with Gasteiger partial charge in [0, 0.05) is 17.7 Å². The van der Waals surface area contributed by atoms with Crippen LogP contribution in [0.2, 0.25) is 0 Å². The van der Waals surface area contributed by atoms with Crippen molar-refractivity contribution in [1.82, 2.24) is 0 Å². The number of amides is 1. The lowest BCUT2D eigenvalue weighted by Gasteiger charge is -2.07. The normalized spacial score (nSPS) is 10.4. The number of unbranched alkanes of at least 4 members (excludes halogenated alkanes) is 5. The summed E-state index contributed by atoms with van der Waals surface area (Å²) in [6.45, 7) is 2.82. The van der Waals surface area contributed by atoms with Gasteiger partial charge in [-0.15, -0.1) is 0 Å². The molecule has 0 aliphatic rings. The lowest BCUT2D eigenvalue weighted by Crippen LogP contribution is -2.16. The Kier molecular flexibility index (Phi) is 8.82. The minimum Gasteiger partial charge on any atom is -0.494 e. The van der Waals surface area contributed by atoms with Gasteiger partial charge in [0.25, 0.3) is 11.6 Å². The molecule has 0 saturated heterocycles. The van der Waals surface area contributed by atoms with Crippen LogP contribution in [0.25, 0.3) is 0 Å². The molecule has 0 saturated carbocycles. The van der Waals surface area contributed by atoms with Gasteiger partial charge in [0.15, 0.2) is 0 Å². The monoisotopic (exact) mass is 398 g/mol. The number of hydrogen-bond donors (Lipinski definition) is 1. The molecule has 2 rings (SSSR count). The molecule has 0 aliphatic carbocycles. The van der Waals surface area contributed by atoms with Gasteiger partial charge in [-0.3, -0.25) is 19.7 Å². The van der Waals surface area contributed by atoms with E-state index in [4.69, 9.17) is 4.74 Å². The van der Waals surface area contributed by atoms with E-state index in [-0.39, 0.29) is 11.4 Å². The molecule has 0 bridgehead atoms. The van der Waals surface area contributed by atoms with Crippen LogP contribution in [0.1, 0.15) is 55.8 Å². The summed E-state index contributed by atoms with van der Waals surface area (Å²) in [6.07, 6.45) is 7.10. The van der Waals surface area contributed by atoms with Gasteiger partial charge in [-0.1, -0.05) is 45.1 Å². The van der Waals surface area contributed by atoms with E-state index in [0.717, 1.165) is 18.9 Å². The maximum atomic E-state index is 12.4. The average molecular weight is 398 g/mol. The topological polar surface area (TPSA) is 98.5 Å². The molecule has 0 radical (unpaired) electrons. The molecule has 0 unspecified atom stereocenters. The first kappa shape index (κ1) is 22.1. The van der Waals surface area contributed by atoms with Gasteiger partial charge in [-0.25, -0.2) is 0 Å². The highest BCUT2D eigenvalue weighted by Crippen LogP contribution is 2.16. The zero-order valence-electron chi connectivity index (χ0n) is 16.6. The third-order valence-corrected chi connectivity index (χ3v) is 4.41. The van der Waals surface area contributed by atoms with Crippen molar-refractivity contribution in [1.29, 1.82) is 0 Å². The molecule has 0 aliphatic heterocycles. The van der Waals surface area contributed by atoms with Gasteiger partial charge in [-0.05, 0) is 36.8 Å². The smallest absolute Gasteiger partial charge is 0.271 e.